The van der Waals surface area contributed by atoms with Crippen molar-refractivity contribution in [2.24, 2.45) is 0 Å². The van der Waals surface area contributed by atoms with Gasteiger partial charge in [0.15, 0.2) is 0 Å². The summed E-state index contributed by atoms with van der Waals surface area (Å²) in [5.74, 6) is -0.257. The predicted molar refractivity (Wildman–Crippen MR) is 89.6 cm³/mol. The molecule has 5 heteroatoms. The molecule has 1 atom stereocenters. The van der Waals surface area contributed by atoms with E-state index >= 15 is 0 Å². The summed E-state index contributed by atoms with van der Waals surface area (Å²) in [6.45, 7) is 2.45. The van der Waals surface area contributed by atoms with Crippen molar-refractivity contribution in [1.29, 1.82) is 0 Å². The quantitative estimate of drug-likeness (QED) is 0.881. The highest BCUT2D eigenvalue weighted by molar-refractivity contribution is 6.01. The summed E-state index contributed by atoms with van der Waals surface area (Å²) in [5.41, 5.74) is 2.12. The Kier molecular flexibility index (Phi) is 4.01. The maximum Gasteiger partial charge on any atom is 0.337 e. The zero-order chi connectivity index (χ0) is 17.3. The first kappa shape index (κ1) is 16.1. The third-order valence-electron chi connectivity index (χ3n) is 4.49. The van der Waals surface area contributed by atoms with Crippen LogP contribution in [0.25, 0.3) is 0 Å². The number of fused-ring (bicyclic) bond motifs is 1. The lowest BCUT2D eigenvalue weighted by Crippen LogP contribution is -2.25. The zero-order valence-corrected chi connectivity index (χ0v) is 13.9. The number of hydrogen-bond donors (Lipinski definition) is 1. The van der Waals surface area contributed by atoms with Crippen LogP contribution in [0.1, 0.15) is 38.8 Å². The van der Waals surface area contributed by atoms with Gasteiger partial charge in [0.1, 0.15) is 12.4 Å². The van der Waals surface area contributed by atoms with Crippen LogP contribution in [0.4, 0.5) is 0 Å². The van der Waals surface area contributed by atoms with Crippen LogP contribution >= 0.6 is 0 Å². The van der Waals surface area contributed by atoms with Crippen molar-refractivity contribution < 1.29 is 19.1 Å². The topological polar surface area (TPSA) is 64.6 Å². The van der Waals surface area contributed by atoms with Gasteiger partial charge in [0, 0.05) is 12.6 Å². The molecule has 0 spiro atoms. The Hall–Kier alpha value is -2.82. The summed E-state index contributed by atoms with van der Waals surface area (Å²) < 4.78 is 10.7. The summed E-state index contributed by atoms with van der Waals surface area (Å²) in [4.78, 5) is 24.3. The molecule has 1 heterocycles. The van der Waals surface area contributed by atoms with E-state index in [9.17, 15) is 9.59 Å². The van der Waals surface area contributed by atoms with E-state index in [0.29, 0.717) is 23.5 Å². The molecule has 124 valence electrons. The van der Waals surface area contributed by atoms with Crippen molar-refractivity contribution in [3.63, 3.8) is 0 Å². The largest absolute Gasteiger partial charge is 0.491 e. The molecule has 1 aliphatic rings. The van der Waals surface area contributed by atoms with Gasteiger partial charge in [-0.2, -0.15) is 0 Å². The lowest BCUT2D eigenvalue weighted by Gasteiger charge is -2.23. The molecule has 1 aliphatic heterocycles. The molecule has 0 aliphatic carbocycles. The van der Waals surface area contributed by atoms with E-state index < -0.39 is 11.4 Å². The fourth-order valence-corrected chi connectivity index (χ4v) is 3.07. The van der Waals surface area contributed by atoms with E-state index in [1.807, 2.05) is 37.3 Å². The van der Waals surface area contributed by atoms with Gasteiger partial charge in [-0.1, -0.05) is 30.3 Å². The summed E-state index contributed by atoms with van der Waals surface area (Å²) in [6.07, 6.45) is 0. The average molecular weight is 325 g/mol. The number of amides is 1. The van der Waals surface area contributed by atoms with E-state index in [-0.39, 0.29) is 5.91 Å². The summed E-state index contributed by atoms with van der Waals surface area (Å²) in [7, 11) is 2.87. The number of esters is 1. The first-order chi connectivity index (χ1) is 11.5. The monoisotopic (exact) mass is 325 g/mol. The normalized spacial score (nSPS) is 18.5. The van der Waals surface area contributed by atoms with Gasteiger partial charge >= 0.3 is 5.97 Å². The van der Waals surface area contributed by atoms with E-state index in [0.717, 1.165) is 11.1 Å². The Balaban J connectivity index is 2.23. The maximum atomic E-state index is 12.2. The van der Waals surface area contributed by atoms with Gasteiger partial charge in [0.05, 0.1) is 23.7 Å². The maximum absolute atomic E-state index is 12.2. The third-order valence-corrected chi connectivity index (χ3v) is 4.49. The molecule has 1 amide bonds. The standard InChI is InChI=1S/C19H19NO4/c1-19(13-7-5-4-6-8-13)11-24-16-14(17(21)20-2)9-12(10-15(16)19)18(22)23-3/h4-10H,11H2,1-3H3,(H,20,21). The summed E-state index contributed by atoms with van der Waals surface area (Å²) in [5, 5.41) is 2.59. The molecule has 0 radical (unpaired) electrons. The molecule has 1 N–H and O–H groups in total. The van der Waals surface area contributed by atoms with Crippen molar-refractivity contribution >= 4 is 11.9 Å². The van der Waals surface area contributed by atoms with E-state index in [4.69, 9.17) is 9.47 Å². The summed E-state index contributed by atoms with van der Waals surface area (Å²) >= 11 is 0. The number of rotatable bonds is 3. The molecule has 1 unspecified atom stereocenters. The number of benzene rings is 2. The van der Waals surface area contributed by atoms with Crippen LogP contribution in [0.2, 0.25) is 0 Å². The number of ether oxygens (including phenoxy) is 2. The van der Waals surface area contributed by atoms with Crippen molar-refractivity contribution in [3.8, 4) is 5.75 Å². The van der Waals surface area contributed by atoms with Crippen molar-refractivity contribution in [2.45, 2.75) is 12.3 Å². The minimum absolute atomic E-state index is 0.297. The van der Waals surface area contributed by atoms with Crippen LogP contribution in [0.5, 0.6) is 5.75 Å². The Morgan fingerprint density at radius 1 is 1.21 bits per heavy atom. The highest BCUT2D eigenvalue weighted by Crippen LogP contribution is 2.45. The van der Waals surface area contributed by atoms with Gasteiger partial charge in [-0.25, -0.2) is 4.79 Å². The minimum Gasteiger partial charge on any atom is -0.491 e. The molecule has 24 heavy (non-hydrogen) atoms. The van der Waals surface area contributed by atoms with Crippen molar-refractivity contribution in [2.75, 3.05) is 20.8 Å². The van der Waals surface area contributed by atoms with E-state index in [1.165, 1.54) is 13.2 Å². The molecule has 2 aromatic carbocycles. The number of nitrogens with one attached hydrogen (secondary N) is 1. The summed E-state index contributed by atoms with van der Waals surface area (Å²) in [6, 6.07) is 13.2. The molecule has 5 nitrogen and oxygen atoms in total. The van der Waals surface area contributed by atoms with Gasteiger partial charge < -0.3 is 14.8 Å². The van der Waals surface area contributed by atoms with Gasteiger partial charge in [0.2, 0.25) is 0 Å². The Labute approximate surface area is 140 Å². The number of carbonyl (C=O) groups is 2. The molecular weight excluding hydrogens is 306 g/mol. The average Bonchev–Trinajstić information content (AvgIpc) is 2.98. The Morgan fingerprint density at radius 2 is 1.92 bits per heavy atom. The van der Waals surface area contributed by atoms with Crippen LogP contribution in [-0.4, -0.2) is 32.6 Å². The van der Waals surface area contributed by atoms with Crippen LogP contribution in [0, 0.1) is 0 Å². The SMILES string of the molecule is CNC(=O)c1cc(C(=O)OC)cc2c1OCC2(C)c1ccccc1. The van der Waals surface area contributed by atoms with E-state index in [1.54, 1.807) is 13.1 Å². The lowest BCUT2D eigenvalue weighted by atomic mass is 9.77. The van der Waals surface area contributed by atoms with Gasteiger partial charge in [-0.3, -0.25) is 4.79 Å². The number of carbonyl (C=O) groups excluding carboxylic acids is 2. The zero-order valence-electron chi connectivity index (χ0n) is 13.9. The second-order valence-corrected chi connectivity index (χ2v) is 5.96. The smallest absolute Gasteiger partial charge is 0.337 e. The van der Waals surface area contributed by atoms with Crippen molar-refractivity contribution in [3.05, 3.63) is 64.7 Å². The molecule has 0 bridgehead atoms. The molecule has 0 saturated carbocycles. The lowest BCUT2D eigenvalue weighted by molar-refractivity contribution is 0.0600. The molecule has 0 fully saturated rings. The van der Waals surface area contributed by atoms with Gasteiger partial charge in [-0.15, -0.1) is 0 Å². The Bertz CT molecular complexity index is 801. The fourth-order valence-electron chi connectivity index (χ4n) is 3.07. The molecule has 0 saturated heterocycles. The number of methoxy groups -OCH3 is 1. The van der Waals surface area contributed by atoms with Gasteiger partial charge in [-0.05, 0) is 24.6 Å². The first-order valence-corrected chi connectivity index (χ1v) is 7.68. The number of hydrogen-bond acceptors (Lipinski definition) is 4. The fraction of sp³-hybridized carbons (Fsp3) is 0.263. The van der Waals surface area contributed by atoms with Crippen LogP contribution in [0.15, 0.2) is 42.5 Å². The molecular formula is C19H19NO4. The second kappa shape index (κ2) is 6.00. The molecule has 0 aromatic heterocycles. The second-order valence-electron chi connectivity index (χ2n) is 5.96. The highest BCUT2D eigenvalue weighted by atomic mass is 16.5. The minimum atomic E-state index is -0.481. The van der Waals surface area contributed by atoms with Gasteiger partial charge in [0.25, 0.3) is 5.91 Å². The molecule has 2 aromatic rings. The van der Waals surface area contributed by atoms with Crippen LogP contribution in [-0.2, 0) is 10.2 Å². The van der Waals surface area contributed by atoms with Crippen LogP contribution in [0.3, 0.4) is 0 Å². The Morgan fingerprint density at radius 3 is 2.54 bits per heavy atom. The predicted octanol–water partition coefficient (Wildman–Crippen LogP) is 2.53. The highest BCUT2D eigenvalue weighted by Gasteiger charge is 2.40. The first-order valence-electron chi connectivity index (χ1n) is 7.68. The van der Waals surface area contributed by atoms with E-state index in [2.05, 4.69) is 5.32 Å². The van der Waals surface area contributed by atoms with Crippen LogP contribution < -0.4 is 10.1 Å². The molecule has 3 rings (SSSR count). The van der Waals surface area contributed by atoms with Crippen molar-refractivity contribution in [1.82, 2.24) is 5.32 Å². The third kappa shape index (κ3) is 2.42.